The predicted molar refractivity (Wildman–Crippen MR) is 105 cm³/mol. The van der Waals surface area contributed by atoms with Gasteiger partial charge in [-0.2, -0.15) is 0 Å². The van der Waals surface area contributed by atoms with Crippen LogP contribution in [0.2, 0.25) is 0 Å². The highest BCUT2D eigenvalue weighted by Crippen LogP contribution is 2.18. The first-order valence-electron chi connectivity index (χ1n) is 8.42. The lowest BCUT2D eigenvalue weighted by Gasteiger charge is -2.22. The smallest absolute Gasteiger partial charge is 0.240 e. The summed E-state index contributed by atoms with van der Waals surface area (Å²) < 4.78 is 27.4. The number of benzene rings is 2. The van der Waals surface area contributed by atoms with Gasteiger partial charge in [0.15, 0.2) is 0 Å². The molecule has 27 heavy (non-hydrogen) atoms. The Hall–Kier alpha value is -2.71. The molecule has 2 rings (SSSR count). The number of carbonyl (C=O) groups is 2. The van der Waals surface area contributed by atoms with E-state index in [9.17, 15) is 18.0 Å². The van der Waals surface area contributed by atoms with Gasteiger partial charge in [0.05, 0.1) is 4.90 Å². The first-order chi connectivity index (χ1) is 12.7. The van der Waals surface area contributed by atoms with E-state index >= 15 is 0 Å². The summed E-state index contributed by atoms with van der Waals surface area (Å²) in [7, 11) is -3.65. The lowest BCUT2D eigenvalue weighted by Crippen LogP contribution is -2.37. The van der Waals surface area contributed by atoms with Crippen LogP contribution < -0.4 is 14.9 Å². The normalized spacial score (nSPS) is 11.1. The molecule has 0 aliphatic rings. The van der Waals surface area contributed by atoms with E-state index in [1.54, 1.807) is 55.5 Å². The molecule has 2 aromatic carbocycles. The van der Waals surface area contributed by atoms with Crippen molar-refractivity contribution in [2.24, 2.45) is 0 Å². The number of hydrogen-bond donors (Lipinski definition) is 2. The summed E-state index contributed by atoms with van der Waals surface area (Å²) in [6.45, 7) is 4.81. The van der Waals surface area contributed by atoms with E-state index < -0.39 is 10.0 Å². The summed E-state index contributed by atoms with van der Waals surface area (Å²) in [6.07, 6.45) is 0. The highest BCUT2D eigenvalue weighted by Gasteiger charge is 2.17. The molecule has 0 unspecified atom stereocenters. The minimum Gasteiger partial charge on any atom is -0.326 e. The molecule has 0 aliphatic carbocycles. The zero-order valence-corrected chi connectivity index (χ0v) is 16.3. The minimum atomic E-state index is -3.65. The molecule has 0 fully saturated rings. The number of amides is 2. The van der Waals surface area contributed by atoms with Crippen LogP contribution in [-0.4, -0.2) is 33.3 Å². The Labute approximate surface area is 159 Å². The third-order valence-electron chi connectivity index (χ3n) is 3.89. The van der Waals surface area contributed by atoms with Crippen molar-refractivity contribution in [3.05, 3.63) is 54.1 Å². The predicted octanol–water partition coefficient (Wildman–Crippen LogP) is 2.28. The maximum atomic E-state index is 12.4. The van der Waals surface area contributed by atoms with Crippen LogP contribution in [0.15, 0.2) is 53.4 Å². The molecular weight excluding hydrogens is 366 g/mol. The third kappa shape index (κ3) is 5.63. The fourth-order valence-electron chi connectivity index (χ4n) is 2.62. The highest BCUT2D eigenvalue weighted by atomic mass is 32.2. The summed E-state index contributed by atoms with van der Waals surface area (Å²) in [5.41, 5.74) is 1.89. The molecule has 8 heteroatoms. The van der Waals surface area contributed by atoms with Crippen LogP contribution in [0, 0.1) is 6.92 Å². The molecule has 0 aromatic heterocycles. The van der Waals surface area contributed by atoms with Crippen molar-refractivity contribution in [2.45, 2.75) is 25.7 Å². The number of anilines is 2. The Morgan fingerprint density at radius 3 is 2.19 bits per heavy atom. The summed E-state index contributed by atoms with van der Waals surface area (Å²) >= 11 is 0. The second kappa shape index (κ2) is 8.79. The van der Waals surface area contributed by atoms with Crippen molar-refractivity contribution >= 4 is 33.2 Å². The maximum Gasteiger partial charge on any atom is 0.240 e. The molecule has 7 nitrogen and oxygen atoms in total. The molecule has 0 radical (unpaired) electrons. The van der Waals surface area contributed by atoms with Gasteiger partial charge in [-0.1, -0.05) is 18.2 Å². The molecule has 0 saturated heterocycles. The van der Waals surface area contributed by atoms with Gasteiger partial charge in [-0.25, -0.2) is 13.1 Å². The number of carbonyl (C=O) groups excluding carboxylic acids is 2. The fraction of sp³-hybridized carbons (Fsp3) is 0.263. The Bertz CT molecular complexity index is 924. The van der Waals surface area contributed by atoms with Gasteiger partial charge in [0, 0.05) is 38.3 Å². The second-order valence-electron chi connectivity index (χ2n) is 6.06. The van der Waals surface area contributed by atoms with Gasteiger partial charge in [-0.15, -0.1) is 0 Å². The maximum absolute atomic E-state index is 12.4. The van der Waals surface area contributed by atoms with Crippen molar-refractivity contribution in [3.8, 4) is 0 Å². The Kier molecular flexibility index (Phi) is 6.70. The number of nitrogens with zero attached hydrogens (tertiary/aromatic N) is 1. The van der Waals surface area contributed by atoms with Crippen LogP contribution in [-0.2, 0) is 19.6 Å². The summed E-state index contributed by atoms with van der Waals surface area (Å²) in [6, 6.07) is 13.5. The van der Waals surface area contributed by atoms with Crippen molar-refractivity contribution < 1.29 is 18.0 Å². The van der Waals surface area contributed by atoms with E-state index in [2.05, 4.69) is 10.0 Å². The highest BCUT2D eigenvalue weighted by molar-refractivity contribution is 7.89. The topological polar surface area (TPSA) is 95.6 Å². The Morgan fingerprint density at radius 2 is 1.63 bits per heavy atom. The van der Waals surface area contributed by atoms with Crippen LogP contribution >= 0.6 is 0 Å². The van der Waals surface area contributed by atoms with E-state index in [-0.39, 0.29) is 29.8 Å². The van der Waals surface area contributed by atoms with Crippen molar-refractivity contribution in [2.75, 3.05) is 23.3 Å². The van der Waals surface area contributed by atoms with E-state index in [0.29, 0.717) is 16.9 Å². The molecule has 0 spiro atoms. The van der Waals surface area contributed by atoms with Gasteiger partial charge in [-0.05, 0) is 42.8 Å². The zero-order chi connectivity index (χ0) is 20.0. The largest absolute Gasteiger partial charge is 0.326 e. The third-order valence-corrected chi connectivity index (χ3v) is 5.51. The van der Waals surface area contributed by atoms with E-state index in [1.807, 2.05) is 0 Å². The summed E-state index contributed by atoms with van der Waals surface area (Å²) in [5.74, 6) is -0.394. The van der Waals surface area contributed by atoms with Crippen LogP contribution in [0.1, 0.15) is 19.4 Å². The Morgan fingerprint density at radius 1 is 1.00 bits per heavy atom. The van der Waals surface area contributed by atoms with E-state index in [1.165, 1.54) is 18.7 Å². The van der Waals surface area contributed by atoms with Crippen molar-refractivity contribution in [1.82, 2.24) is 4.72 Å². The molecule has 0 saturated carbocycles. The molecule has 2 N–H and O–H groups in total. The molecule has 2 amide bonds. The standard InChI is InChI=1S/C19H23N3O4S/c1-14-6-4-5-7-19(14)27(25,26)20-12-13-22(16(3)24)18-10-8-17(9-11-18)21-15(2)23/h4-11,20H,12-13H2,1-3H3,(H,21,23). The van der Waals surface area contributed by atoms with Crippen molar-refractivity contribution in [3.63, 3.8) is 0 Å². The van der Waals surface area contributed by atoms with Gasteiger partial charge in [-0.3, -0.25) is 9.59 Å². The lowest BCUT2D eigenvalue weighted by molar-refractivity contribution is -0.116. The molecule has 0 bridgehead atoms. The molecule has 144 valence electrons. The quantitative estimate of drug-likeness (QED) is 0.759. The van der Waals surface area contributed by atoms with Crippen LogP contribution in [0.5, 0.6) is 0 Å². The minimum absolute atomic E-state index is 0.0731. The molecule has 0 aliphatic heterocycles. The number of nitrogens with one attached hydrogen (secondary N) is 2. The Balaban J connectivity index is 2.06. The SMILES string of the molecule is CC(=O)Nc1ccc(N(CCNS(=O)(=O)c2ccccc2C)C(C)=O)cc1. The van der Waals surface area contributed by atoms with E-state index in [0.717, 1.165) is 0 Å². The van der Waals surface area contributed by atoms with Crippen LogP contribution in [0.25, 0.3) is 0 Å². The average molecular weight is 389 g/mol. The first-order valence-corrected chi connectivity index (χ1v) is 9.90. The van der Waals surface area contributed by atoms with Gasteiger partial charge in [0.2, 0.25) is 21.8 Å². The lowest BCUT2D eigenvalue weighted by atomic mass is 10.2. The van der Waals surface area contributed by atoms with E-state index in [4.69, 9.17) is 0 Å². The zero-order valence-electron chi connectivity index (χ0n) is 15.5. The molecular formula is C19H23N3O4S. The van der Waals surface area contributed by atoms with Crippen LogP contribution in [0.3, 0.4) is 0 Å². The summed E-state index contributed by atoms with van der Waals surface area (Å²) in [5, 5.41) is 2.65. The van der Waals surface area contributed by atoms with Gasteiger partial charge < -0.3 is 10.2 Å². The fourth-order valence-corrected chi connectivity index (χ4v) is 3.89. The molecule has 0 heterocycles. The summed E-state index contributed by atoms with van der Waals surface area (Å²) in [4.78, 5) is 24.7. The van der Waals surface area contributed by atoms with Gasteiger partial charge in [0.25, 0.3) is 0 Å². The number of aryl methyl sites for hydroxylation is 1. The first kappa shape index (κ1) is 20.6. The monoisotopic (exact) mass is 389 g/mol. The number of hydrogen-bond acceptors (Lipinski definition) is 4. The molecule has 2 aromatic rings. The van der Waals surface area contributed by atoms with Gasteiger partial charge in [0.1, 0.15) is 0 Å². The average Bonchev–Trinajstić information content (AvgIpc) is 2.59. The van der Waals surface area contributed by atoms with Crippen LogP contribution in [0.4, 0.5) is 11.4 Å². The number of rotatable bonds is 7. The van der Waals surface area contributed by atoms with Crippen molar-refractivity contribution in [1.29, 1.82) is 0 Å². The second-order valence-corrected chi connectivity index (χ2v) is 7.80. The number of sulfonamides is 1. The van der Waals surface area contributed by atoms with Gasteiger partial charge >= 0.3 is 0 Å². The molecule has 0 atom stereocenters.